The van der Waals surface area contributed by atoms with E-state index in [1.807, 2.05) is 31.2 Å². The largest absolute Gasteiger partial charge is 0.494 e. The zero-order valence-electron chi connectivity index (χ0n) is 13.1. The molecule has 0 aliphatic heterocycles. The molecule has 1 heterocycles. The van der Waals surface area contributed by atoms with Gasteiger partial charge in [0.2, 0.25) is 0 Å². The molecule has 0 spiro atoms. The molecule has 0 unspecified atom stereocenters. The fraction of sp³-hybridized carbons (Fsp3) is 0.176. The number of fused-ring (bicyclic) bond motifs is 1. The summed E-state index contributed by atoms with van der Waals surface area (Å²) in [5.41, 5.74) is 1.60. The molecule has 7 heteroatoms. The molecule has 1 N–H and O–H groups in total. The second-order valence-electron chi connectivity index (χ2n) is 5.05. The minimum Gasteiger partial charge on any atom is -0.494 e. The van der Waals surface area contributed by atoms with Gasteiger partial charge in [-0.15, -0.1) is 0 Å². The molecular formula is C17H15ClN2O3S. The fourth-order valence-electron chi connectivity index (χ4n) is 2.19. The lowest BCUT2D eigenvalue weighted by atomic mass is 10.2. The van der Waals surface area contributed by atoms with Crippen molar-refractivity contribution in [3.8, 4) is 11.5 Å². The summed E-state index contributed by atoms with van der Waals surface area (Å²) in [5.74, 6) is 1.01. The minimum absolute atomic E-state index is 0.0916. The van der Waals surface area contributed by atoms with Crippen molar-refractivity contribution >= 4 is 44.2 Å². The summed E-state index contributed by atoms with van der Waals surface area (Å²) >= 11 is 7.47. The first-order chi connectivity index (χ1) is 11.6. The topological polar surface area (TPSA) is 60.5 Å². The number of benzene rings is 2. The second kappa shape index (κ2) is 7.07. The number of carbonyl (C=O) groups is 1. The van der Waals surface area contributed by atoms with E-state index in [2.05, 4.69) is 10.3 Å². The van der Waals surface area contributed by atoms with Crippen molar-refractivity contribution in [1.29, 1.82) is 0 Å². The third kappa shape index (κ3) is 3.44. The smallest absolute Gasteiger partial charge is 0.264 e. The number of aromatic nitrogens is 1. The van der Waals surface area contributed by atoms with E-state index < -0.39 is 0 Å². The van der Waals surface area contributed by atoms with E-state index in [0.29, 0.717) is 27.2 Å². The first kappa shape index (κ1) is 16.5. The summed E-state index contributed by atoms with van der Waals surface area (Å²) in [6.07, 6.45) is 0. The van der Waals surface area contributed by atoms with Crippen LogP contribution in [0, 0.1) is 6.92 Å². The van der Waals surface area contributed by atoms with Crippen molar-refractivity contribution in [2.75, 3.05) is 19.0 Å². The third-order valence-corrected chi connectivity index (χ3v) is 4.81. The number of anilines is 1. The zero-order chi connectivity index (χ0) is 17.1. The van der Waals surface area contributed by atoms with Gasteiger partial charge in [-0.3, -0.25) is 10.1 Å². The Labute approximate surface area is 148 Å². The monoisotopic (exact) mass is 362 g/mol. The van der Waals surface area contributed by atoms with Gasteiger partial charge in [0.25, 0.3) is 5.91 Å². The molecule has 3 rings (SSSR count). The van der Waals surface area contributed by atoms with E-state index in [1.165, 1.54) is 11.3 Å². The van der Waals surface area contributed by atoms with Gasteiger partial charge in [-0.2, -0.15) is 0 Å². The predicted molar refractivity (Wildman–Crippen MR) is 96.5 cm³/mol. The highest BCUT2D eigenvalue weighted by Gasteiger charge is 2.14. The van der Waals surface area contributed by atoms with Crippen LogP contribution in [-0.4, -0.2) is 24.6 Å². The van der Waals surface area contributed by atoms with Gasteiger partial charge in [-0.1, -0.05) is 41.1 Å². The first-order valence-electron chi connectivity index (χ1n) is 7.20. The van der Waals surface area contributed by atoms with E-state index in [0.717, 1.165) is 10.3 Å². The number of ether oxygens (including phenoxy) is 2. The Morgan fingerprint density at radius 1 is 1.25 bits per heavy atom. The SMILES string of the molecule is COc1ccc(Cl)c2sc(NC(=O)COc3ccccc3C)nc12. The average molecular weight is 363 g/mol. The van der Waals surface area contributed by atoms with Gasteiger partial charge in [0.1, 0.15) is 17.0 Å². The van der Waals surface area contributed by atoms with E-state index in [9.17, 15) is 4.79 Å². The number of amides is 1. The highest BCUT2D eigenvalue weighted by molar-refractivity contribution is 7.23. The maximum atomic E-state index is 12.1. The van der Waals surface area contributed by atoms with Crippen LogP contribution in [0.2, 0.25) is 5.02 Å². The molecule has 124 valence electrons. The highest BCUT2D eigenvalue weighted by atomic mass is 35.5. The average Bonchev–Trinajstić information content (AvgIpc) is 2.99. The lowest BCUT2D eigenvalue weighted by Crippen LogP contribution is -2.20. The van der Waals surface area contributed by atoms with Gasteiger partial charge in [-0.05, 0) is 30.7 Å². The van der Waals surface area contributed by atoms with Crippen LogP contribution in [0.15, 0.2) is 36.4 Å². The van der Waals surface area contributed by atoms with Gasteiger partial charge >= 0.3 is 0 Å². The van der Waals surface area contributed by atoms with Gasteiger partial charge in [0.15, 0.2) is 11.7 Å². The Bertz CT molecular complexity index is 895. The first-order valence-corrected chi connectivity index (χ1v) is 8.39. The Morgan fingerprint density at radius 2 is 2.04 bits per heavy atom. The number of nitrogens with one attached hydrogen (secondary N) is 1. The molecule has 0 saturated heterocycles. The number of carbonyl (C=O) groups excluding carboxylic acids is 1. The molecule has 0 aliphatic carbocycles. The van der Waals surface area contributed by atoms with Gasteiger partial charge in [-0.25, -0.2) is 4.98 Å². The van der Waals surface area contributed by atoms with Crippen LogP contribution in [0.25, 0.3) is 10.2 Å². The van der Waals surface area contributed by atoms with Crippen molar-refractivity contribution in [3.05, 3.63) is 47.0 Å². The molecule has 0 saturated carbocycles. The molecule has 2 aromatic carbocycles. The molecule has 24 heavy (non-hydrogen) atoms. The second-order valence-corrected chi connectivity index (χ2v) is 6.46. The summed E-state index contributed by atoms with van der Waals surface area (Å²) in [6.45, 7) is 1.83. The van der Waals surface area contributed by atoms with Crippen LogP contribution in [0.1, 0.15) is 5.56 Å². The number of hydrogen-bond donors (Lipinski definition) is 1. The van der Waals surface area contributed by atoms with Crippen molar-refractivity contribution < 1.29 is 14.3 Å². The summed E-state index contributed by atoms with van der Waals surface area (Å²) in [5, 5.41) is 3.75. The molecule has 5 nitrogen and oxygen atoms in total. The number of thiazole rings is 1. The summed E-state index contributed by atoms with van der Waals surface area (Å²) in [6, 6.07) is 11.0. The molecule has 0 bridgehead atoms. The van der Waals surface area contributed by atoms with E-state index >= 15 is 0 Å². The quantitative estimate of drug-likeness (QED) is 0.735. The molecule has 0 aliphatic rings. The Morgan fingerprint density at radius 3 is 2.79 bits per heavy atom. The van der Waals surface area contributed by atoms with E-state index in [1.54, 1.807) is 19.2 Å². The van der Waals surface area contributed by atoms with E-state index in [4.69, 9.17) is 21.1 Å². The summed E-state index contributed by atoms with van der Waals surface area (Å²) < 4.78 is 11.6. The number of hydrogen-bond acceptors (Lipinski definition) is 5. The normalized spacial score (nSPS) is 10.6. The minimum atomic E-state index is -0.285. The number of rotatable bonds is 5. The molecule has 0 atom stereocenters. The van der Waals surface area contributed by atoms with Crippen molar-refractivity contribution in [2.45, 2.75) is 6.92 Å². The van der Waals surface area contributed by atoms with Crippen molar-refractivity contribution in [1.82, 2.24) is 4.98 Å². The Hall–Kier alpha value is -2.31. The Balaban J connectivity index is 1.72. The van der Waals surface area contributed by atoms with E-state index in [-0.39, 0.29) is 12.5 Å². The number of para-hydroxylation sites is 1. The molecule has 0 radical (unpaired) electrons. The fourth-order valence-corrected chi connectivity index (χ4v) is 3.36. The highest BCUT2D eigenvalue weighted by Crippen LogP contribution is 2.37. The summed E-state index contributed by atoms with van der Waals surface area (Å²) in [7, 11) is 1.57. The van der Waals surface area contributed by atoms with Gasteiger partial charge in [0.05, 0.1) is 16.8 Å². The third-order valence-electron chi connectivity index (χ3n) is 3.38. The van der Waals surface area contributed by atoms with Crippen LogP contribution in [0.4, 0.5) is 5.13 Å². The standard InChI is InChI=1S/C17H15ClN2O3S/c1-10-5-3-4-6-12(10)23-9-14(21)19-17-20-15-13(22-2)8-7-11(18)16(15)24-17/h3-8H,9H2,1-2H3,(H,19,20,21). The maximum absolute atomic E-state index is 12.1. The van der Waals surface area contributed by atoms with Crippen LogP contribution in [-0.2, 0) is 4.79 Å². The van der Waals surface area contributed by atoms with Gasteiger partial charge < -0.3 is 9.47 Å². The van der Waals surface area contributed by atoms with Crippen molar-refractivity contribution in [2.24, 2.45) is 0 Å². The number of methoxy groups -OCH3 is 1. The molecule has 1 amide bonds. The summed E-state index contributed by atoms with van der Waals surface area (Å²) in [4.78, 5) is 16.5. The lowest BCUT2D eigenvalue weighted by Gasteiger charge is -2.07. The van der Waals surface area contributed by atoms with Gasteiger partial charge in [0, 0.05) is 0 Å². The maximum Gasteiger partial charge on any atom is 0.264 e. The molecule has 1 aromatic heterocycles. The van der Waals surface area contributed by atoms with Crippen molar-refractivity contribution in [3.63, 3.8) is 0 Å². The number of nitrogens with zero attached hydrogens (tertiary/aromatic N) is 1. The van der Waals surface area contributed by atoms with Crippen LogP contribution >= 0.6 is 22.9 Å². The predicted octanol–water partition coefficient (Wildman–Crippen LogP) is 4.28. The van der Waals surface area contributed by atoms with Crippen LogP contribution in [0.5, 0.6) is 11.5 Å². The lowest BCUT2D eigenvalue weighted by molar-refractivity contribution is -0.118. The number of aryl methyl sites for hydroxylation is 1. The molecule has 0 fully saturated rings. The Kier molecular flexibility index (Phi) is 4.87. The number of halogens is 1. The molecular weight excluding hydrogens is 348 g/mol. The van der Waals surface area contributed by atoms with Crippen LogP contribution in [0.3, 0.4) is 0 Å². The van der Waals surface area contributed by atoms with Crippen LogP contribution < -0.4 is 14.8 Å². The zero-order valence-corrected chi connectivity index (χ0v) is 14.7. The molecule has 3 aromatic rings.